The summed E-state index contributed by atoms with van der Waals surface area (Å²) in [5.74, 6) is 0.291. The Kier molecular flexibility index (Phi) is 4.47. The number of ether oxygens (including phenoxy) is 1. The lowest BCUT2D eigenvalue weighted by Crippen LogP contribution is -2.04. The van der Waals surface area contributed by atoms with Crippen LogP contribution in [-0.4, -0.2) is 17.3 Å². The predicted molar refractivity (Wildman–Crippen MR) is 102 cm³/mol. The number of fused-ring (bicyclic) bond motifs is 1. The maximum atomic E-state index is 12.9. The highest BCUT2D eigenvalue weighted by atomic mass is 19.4. The predicted octanol–water partition coefficient (Wildman–Crippen LogP) is 5.99. The van der Waals surface area contributed by atoms with E-state index in [4.69, 9.17) is 4.74 Å². The molecule has 0 fully saturated rings. The standard InChI is InChI=1S/C22H15F3N2O/c1-28-20-13-19(15-8-10-18(11-9-15)22(23,24)25)21(27-26-20)17-7-6-14-4-2-3-5-16(14)12-17/h2-13H,1H3. The van der Waals surface area contributed by atoms with Crippen LogP contribution >= 0.6 is 0 Å². The van der Waals surface area contributed by atoms with Gasteiger partial charge < -0.3 is 4.74 Å². The van der Waals surface area contributed by atoms with Crippen molar-refractivity contribution in [1.29, 1.82) is 0 Å². The van der Waals surface area contributed by atoms with Gasteiger partial charge >= 0.3 is 6.18 Å². The third kappa shape index (κ3) is 3.41. The Morgan fingerprint density at radius 3 is 2.11 bits per heavy atom. The monoisotopic (exact) mass is 380 g/mol. The van der Waals surface area contributed by atoms with Gasteiger partial charge in [-0.2, -0.15) is 13.2 Å². The molecule has 0 aliphatic carbocycles. The fourth-order valence-corrected chi connectivity index (χ4v) is 3.08. The summed E-state index contributed by atoms with van der Waals surface area (Å²) < 4.78 is 43.8. The van der Waals surface area contributed by atoms with Gasteiger partial charge in [0.1, 0.15) is 5.69 Å². The van der Waals surface area contributed by atoms with Crippen molar-refractivity contribution in [2.45, 2.75) is 6.18 Å². The van der Waals surface area contributed by atoms with Crippen LogP contribution in [0.2, 0.25) is 0 Å². The molecule has 0 unspecified atom stereocenters. The minimum atomic E-state index is -4.38. The van der Waals surface area contributed by atoms with Crippen molar-refractivity contribution in [3.05, 3.63) is 78.4 Å². The maximum absolute atomic E-state index is 12.9. The normalized spacial score (nSPS) is 11.6. The van der Waals surface area contributed by atoms with Crippen molar-refractivity contribution < 1.29 is 17.9 Å². The van der Waals surface area contributed by atoms with E-state index < -0.39 is 11.7 Å². The smallest absolute Gasteiger partial charge is 0.416 e. The van der Waals surface area contributed by atoms with E-state index in [1.54, 1.807) is 6.07 Å². The first kappa shape index (κ1) is 18.0. The minimum absolute atomic E-state index is 0.291. The summed E-state index contributed by atoms with van der Waals surface area (Å²) in [7, 11) is 1.47. The van der Waals surface area contributed by atoms with Crippen LogP contribution in [0.4, 0.5) is 13.2 Å². The molecule has 0 atom stereocenters. The van der Waals surface area contributed by atoms with E-state index in [0.29, 0.717) is 22.7 Å². The second kappa shape index (κ2) is 6.96. The number of hydrogen-bond donors (Lipinski definition) is 0. The first-order valence-electron chi connectivity index (χ1n) is 8.54. The molecule has 0 spiro atoms. The molecule has 0 amide bonds. The molecule has 140 valence electrons. The van der Waals surface area contributed by atoms with Crippen LogP contribution in [0.1, 0.15) is 5.56 Å². The lowest BCUT2D eigenvalue weighted by Gasteiger charge is -2.12. The van der Waals surface area contributed by atoms with Crippen molar-refractivity contribution in [3.63, 3.8) is 0 Å². The van der Waals surface area contributed by atoms with E-state index in [1.807, 2.05) is 42.5 Å². The van der Waals surface area contributed by atoms with Crippen molar-refractivity contribution in [3.8, 4) is 28.3 Å². The molecule has 1 heterocycles. The molecule has 3 nitrogen and oxygen atoms in total. The third-order valence-corrected chi connectivity index (χ3v) is 4.53. The van der Waals surface area contributed by atoms with Crippen LogP contribution in [0.5, 0.6) is 5.88 Å². The lowest BCUT2D eigenvalue weighted by atomic mass is 9.97. The summed E-state index contributed by atoms with van der Waals surface area (Å²) in [5.41, 5.74) is 1.95. The van der Waals surface area contributed by atoms with Gasteiger partial charge in [-0.25, -0.2) is 0 Å². The molecule has 0 saturated carbocycles. The van der Waals surface area contributed by atoms with Crippen LogP contribution < -0.4 is 4.74 Å². The molecular weight excluding hydrogens is 365 g/mol. The first-order valence-corrected chi connectivity index (χ1v) is 8.54. The number of halogens is 3. The fourth-order valence-electron chi connectivity index (χ4n) is 3.08. The molecule has 0 bridgehead atoms. The van der Waals surface area contributed by atoms with Gasteiger partial charge in [0.15, 0.2) is 0 Å². The molecule has 4 rings (SSSR count). The fraction of sp³-hybridized carbons (Fsp3) is 0.0909. The zero-order chi connectivity index (χ0) is 19.7. The summed E-state index contributed by atoms with van der Waals surface area (Å²) in [5, 5.41) is 10.4. The number of nitrogens with zero attached hydrogens (tertiary/aromatic N) is 2. The Balaban J connectivity index is 1.86. The van der Waals surface area contributed by atoms with Gasteiger partial charge in [-0.05, 0) is 34.5 Å². The molecule has 0 N–H and O–H groups in total. The van der Waals surface area contributed by atoms with Crippen LogP contribution in [-0.2, 0) is 6.18 Å². The van der Waals surface area contributed by atoms with E-state index in [-0.39, 0.29) is 0 Å². The number of benzene rings is 3. The summed E-state index contributed by atoms with van der Waals surface area (Å²) in [6.45, 7) is 0. The van der Waals surface area contributed by atoms with Gasteiger partial charge in [-0.15, -0.1) is 10.2 Å². The molecule has 0 aliphatic rings. The second-order valence-corrected chi connectivity index (χ2v) is 6.29. The van der Waals surface area contributed by atoms with Gasteiger partial charge in [0.25, 0.3) is 0 Å². The molecule has 3 aromatic carbocycles. The molecule has 0 radical (unpaired) electrons. The average molecular weight is 380 g/mol. The Bertz CT molecular complexity index is 1140. The van der Waals surface area contributed by atoms with Gasteiger partial charge in [0.05, 0.1) is 12.7 Å². The van der Waals surface area contributed by atoms with Crippen molar-refractivity contribution in [2.75, 3.05) is 7.11 Å². The third-order valence-electron chi connectivity index (χ3n) is 4.53. The number of alkyl halides is 3. The van der Waals surface area contributed by atoms with E-state index >= 15 is 0 Å². The SMILES string of the molecule is COc1cc(-c2ccc(C(F)(F)F)cc2)c(-c2ccc3ccccc3c2)nn1. The summed E-state index contributed by atoms with van der Waals surface area (Å²) in [4.78, 5) is 0. The van der Waals surface area contributed by atoms with E-state index in [1.165, 1.54) is 19.2 Å². The van der Waals surface area contributed by atoms with Crippen molar-refractivity contribution in [2.24, 2.45) is 0 Å². The average Bonchev–Trinajstić information content (AvgIpc) is 2.72. The van der Waals surface area contributed by atoms with Crippen LogP contribution in [0, 0.1) is 0 Å². The zero-order valence-electron chi connectivity index (χ0n) is 14.9. The Hall–Kier alpha value is -3.41. The topological polar surface area (TPSA) is 35.0 Å². The van der Waals surface area contributed by atoms with E-state index in [2.05, 4.69) is 10.2 Å². The number of rotatable bonds is 3. The second-order valence-electron chi connectivity index (χ2n) is 6.29. The van der Waals surface area contributed by atoms with Gasteiger partial charge in [0.2, 0.25) is 5.88 Å². The van der Waals surface area contributed by atoms with Gasteiger partial charge in [0, 0.05) is 17.2 Å². The number of methoxy groups -OCH3 is 1. The van der Waals surface area contributed by atoms with Crippen LogP contribution in [0.3, 0.4) is 0 Å². The Morgan fingerprint density at radius 1 is 0.750 bits per heavy atom. The van der Waals surface area contributed by atoms with E-state index in [0.717, 1.165) is 28.5 Å². The van der Waals surface area contributed by atoms with Crippen molar-refractivity contribution in [1.82, 2.24) is 10.2 Å². The molecule has 0 saturated heterocycles. The Morgan fingerprint density at radius 2 is 1.43 bits per heavy atom. The molecule has 28 heavy (non-hydrogen) atoms. The molecule has 1 aromatic heterocycles. The summed E-state index contributed by atoms with van der Waals surface area (Å²) in [6, 6.07) is 20.5. The number of aromatic nitrogens is 2. The van der Waals surface area contributed by atoms with Crippen molar-refractivity contribution >= 4 is 10.8 Å². The first-order chi connectivity index (χ1) is 13.5. The molecule has 4 aromatic rings. The highest BCUT2D eigenvalue weighted by molar-refractivity contribution is 5.90. The largest absolute Gasteiger partial charge is 0.480 e. The quantitative estimate of drug-likeness (QED) is 0.438. The Labute approximate surface area is 159 Å². The molecular formula is C22H15F3N2O. The maximum Gasteiger partial charge on any atom is 0.416 e. The molecule has 0 aliphatic heterocycles. The van der Waals surface area contributed by atoms with Gasteiger partial charge in [-0.3, -0.25) is 0 Å². The summed E-state index contributed by atoms with van der Waals surface area (Å²) >= 11 is 0. The van der Waals surface area contributed by atoms with Crippen LogP contribution in [0.15, 0.2) is 72.8 Å². The van der Waals surface area contributed by atoms with Crippen LogP contribution in [0.25, 0.3) is 33.2 Å². The highest BCUT2D eigenvalue weighted by Crippen LogP contribution is 2.35. The van der Waals surface area contributed by atoms with Gasteiger partial charge in [-0.1, -0.05) is 48.5 Å². The number of hydrogen-bond acceptors (Lipinski definition) is 3. The highest BCUT2D eigenvalue weighted by Gasteiger charge is 2.30. The van der Waals surface area contributed by atoms with E-state index in [9.17, 15) is 13.2 Å². The zero-order valence-corrected chi connectivity index (χ0v) is 14.9. The summed E-state index contributed by atoms with van der Waals surface area (Å²) in [6.07, 6.45) is -4.38. The minimum Gasteiger partial charge on any atom is -0.480 e. The lowest BCUT2D eigenvalue weighted by molar-refractivity contribution is -0.137. The molecule has 6 heteroatoms.